The van der Waals surface area contributed by atoms with E-state index in [4.69, 9.17) is 9.16 Å². The van der Waals surface area contributed by atoms with Gasteiger partial charge in [-0.3, -0.25) is 4.79 Å². The van der Waals surface area contributed by atoms with Crippen molar-refractivity contribution in [2.45, 2.75) is 70.7 Å². The number of carbonyl (C=O) groups excluding carboxylic acids is 1. The highest BCUT2D eigenvalue weighted by Crippen LogP contribution is 2.37. The first-order valence-corrected chi connectivity index (χ1v) is 14.3. The van der Waals surface area contributed by atoms with E-state index in [2.05, 4.69) is 45.0 Å². The molecule has 1 fully saturated rings. The number of piperidine rings is 1. The molecule has 196 valence electrons. The van der Waals surface area contributed by atoms with Crippen LogP contribution in [0.3, 0.4) is 0 Å². The number of hydrogen-bond acceptors (Lipinski definition) is 5. The maximum Gasteiger partial charge on any atom is 0.410 e. The van der Waals surface area contributed by atoms with Crippen molar-refractivity contribution in [3.63, 3.8) is 0 Å². The Morgan fingerprint density at radius 1 is 0.944 bits per heavy atom. The third-order valence-electron chi connectivity index (χ3n) is 6.67. The van der Waals surface area contributed by atoms with Crippen molar-refractivity contribution < 1.29 is 29.0 Å². The van der Waals surface area contributed by atoms with Crippen LogP contribution in [0.5, 0.6) is 0 Å². The standard InChI is InChI=1S/C28H39NO6Si/c1-27(2,3)35-26(33)29-18-23(25(31)32)24(30)17-20(29)19-34-36(28(4,5)6,21-13-9-7-10-14-21)22-15-11-8-12-16-22/h7-16,20,23-24,30H,17-19H2,1-6H3,(H,31,32)/t20-,23-,24+/m0/s1. The lowest BCUT2D eigenvalue weighted by atomic mass is 9.90. The molecule has 0 radical (unpaired) electrons. The summed E-state index contributed by atoms with van der Waals surface area (Å²) in [7, 11) is -2.88. The predicted molar refractivity (Wildman–Crippen MR) is 142 cm³/mol. The Morgan fingerprint density at radius 2 is 1.44 bits per heavy atom. The van der Waals surface area contributed by atoms with E-state index in [1.165, 1.54) is 4.90 Å². The van der Waals surface area contributed by atoms with Crippen molar-refractivity contribution in [2.24, 2.45) is 5.92 Å². The van der Waals surface area contributed by atoms with Crippen molar-refractivity contribution in [3.05, 3.63) is 60.7 Å². The van der Waals surface area contributed by atoms with Crippen molar-refractivity contribution in [1.82, 2.24) is 4.90 Å². The summed E-state index contributed by atoms with van der Waals surface area (Å²) in [5.41, 5.74) is -0.741. The van der Waals surface area contributed by atoms with E-state index in [1.54, 1.807) is 20.8 Å². The number of likely N-dealkylation sites (tertiary alicyclic amines) is 1. The number of carboxylic acids is 1. The fourth-order valence-corrected chi connectivity index (χ4v) is 9.58. The third kappa shape index (κ3) is 5.99. The van der Waals surface area contributed by atoms with E-state index in [0.717, 1.165) is 10.4 Å². The largest absolute Gasteiger partial charge is 0.481 e. The van der Waals surface area contributed by atoms with Gasteiger partial charge in [0.15, 0.2) is 0 Å². The second-order valence-corrected chi connectivity index (χ2v) is 15.8. The number of nitrogens with zero attached hydrogens (tertiary/aromatic N) is 1. The van der Waals surface area contributed by atoms with Gasteiger partial charge in [0.25, 0.3) is 8.32 Å². The monoisotopic (exact) mass is 513 g/mol. The van der Waals surface area contributed by atoms with Gasteiger partial charge in [-0.1, -0.05) is 81.4 Å². The smallest absolute Gasteiger partial charge is 0.410 e. The molecule has 0 unspecified atom stereocenters. The van der Waals surface area contributed by atoms with Gasteiger partial charge < -0.3 is 24.3 Å². The Kier molecular flexibility index (Phi) is 8.32. The van der Waals surface area contributed by atoms with E-state index < -0.39 is 44.0 Å². The first-order chi connectivity index (χ1) is 16.8. The number of carboxylic acid groups (broad SMARTS) is 1. The van der Waals surface area contributed by atoms with Gasteiger partial charge in [-0.2, -0.15) is 0 Å². The molecule has 7 nitrogen and oxygen atoms in total. The Bertz CT molecular complexity index is 992. The Balaban J connectivity index is 2.02. The lowest BCUT2D eigenvalue weighted by Gasteiger charge is -2.46. The summed E-state index contributed by atoms with van der Waals surface area (Å²) >= 11 is 0. The van der Waals surface area contributed by atoms with E-state index in [1.807, 2.05) is 36.4 Å². The maximum absolute atomic E-state index is 13.1. The van der Waals surface area contributed by atoms with Gasteiger partial charge >= 0.3 is 12.1 Å². The maximum atomic E-state index is 13.1. The number of amides is 1. The van der Waals surface area contributed by atoms with Gasteiger partial charge in [0.2, 0.25) is 0 Å². The number of hydrogen-bond donors (Lipinski definition) is 2. The molecule has 2 N–H and O–H groups in total. The first kappa shape index (κ1) is 27.9. The lowest BCUT2D eigenvalue weighted by Crippen LogP contribution is -2.68. The average Bonchev–Trinajstić information content (AvgIpc) is 2.78. The summed E-state index contributed by atoms with van der Waals surface area (Å²) in [6.45, 7) is 11.8. The van der Waals surface area contributed by atoms with Crippen molar-refractivity contribution >= 4 is 30.8 Å². The molecule has 0 aromatic heterocycles. The van der Waals surface area contributed by atoms with E-state index in [0.29, 0.717) is 0 Å². The molecule has 1 amide bonds. The molecule has 1 aliphatic rings. The SMILES string of the molecule is CC(C)(C)OC(=O)N1C[C@H](C(=O)O)[C@H](O)C[C@H]1CO[Si](c1ccccc1)(c1ccccc1)C(C)(C)C. The molecule has 0 saturated carbocycles. The Morgan fingerprint density at radius 3 is 1.86 bits per heavy atom. The fourth-order valence-electron chi connectivity index (χ4n) is 4.98. The molecule has 2 aromatic rings. The summed E-state index contributed by atoms with van der Waals surface area (Å²) < 4.78 is 12.6. The molecule has 1 saturated heterocycles. The van der Waals surface area contributed by atoms with Gasteiger partial charge in [0.05, 0.1) is 18.8 Å². The summed E-state index contributed by atoms with van der Waals surface area (Å²) in [5.74, 6) is -2.22. The van der Waals surface area contributed by atoms with Gasteiger partial charge in [-0.05, 0) is 42.6 Å². The topological polar surface area (TPSA) is 96.3 Å². The van der Waals surface area contributed by atoms with Crippen LogP contribution in [0.4, 0.5) is 4.79 Å². The molecule has 1 aliphatic heterocycles. The summed E-state index contributed by atoms with van der Waals surface area (Å²) in [6, 6.07) is 19.8. The molecule has 3 atom stereocenters. The zero-order valence-electron chi connectivity index (χ0n) is 22.1. The van der Waals surface area contributed by atoms with Crippen molar-refractivity contribution in [1.29, 1.82) is 0 Å². The third-order valence-corrected chi connectivity index (χ3v) is 11.7. The minimum atomic E-state index is -2.88. The molecular weight excluding hydrogens is 474 g/mol. The van der Waals surface area contributed by atoms with Crippen LogP contribution in [0, 0.1) is 5.92 Å². The van der Waals surface area contributed by atoms with Gasteiger partial charge in [0.1, 0.15) is 11.5 Å². The second kappa shape index (κ2) is 10.7. The van der Waals surface area contributed by atoms with E-state index >= 15 is 0 Å². The molecule has 2 aromatic carbocycles. The van der Waals surface area contributed by atoms with Crippen molar-refractivity contribution in [3.8, 4) is 0 Å². The van der Waals surface area contributed by atoms with Crippen LogP contribution in [0.1, 0.15) is 48.0 Å². The molecule has 0 bridgehead atoms. The predicted octanol–water partition coefficient (Wildman–Crippen LogP) is 3.63. The number of aliphatic carboxylic acids is 1. The number of ether oxygens (including phenoxy) is 1. The zero-order chi connectivity index (χ0) is 26.7. The molecule has 0 spiro atoms. The molecule has 3 rings (SSSR count). The normalized spacial score (nSPS) is 21.2. The zero-order valence-corrected chi connectivity index (χ0v) is 23.1. The minimum Gasteiger partial charge on any atom is -0.481 e. The summed E-state index contributed by atoms with van der Waals surface area (Å²) in [4.78, 5) is 26.4. The number of rotatable bonds is 6. The number of aliphatic hydroxyl groups is 1. The van der Waals surface area contributed by atoms with Crippen LogP contribution < -0.4 is 10.4 Å². The van der Waals surface area contributed by atoms with Crippen molar-refractivity contribution in [2.75, 3.05) is 13.2 Å². The van der Waals surface area contributed by atoms with Crippen LogP contribution in [-0.2, 0) is 14.0 Å². The molecule has 1 heterocycles. The number of carbonyl (C=O) groups is 2. The first-order valence-electron chi connectivity index (χ1n) is 12.4. The highest BCUT2D eigenvalue weighted by molar-refractivity contribution is 6.99. The van der Waals surface area contributed by atoms with E-state index in [-0.39, 0.29) is 24.6 Å². The van der Waals surface area contributed by atoms with E-state index in [9.17, 15) is 19.8 Å². The van der Waals surface area contributed by atoms with Crippen LogP contribution in [-0.4, -0.2) is 66.4 Å². The quantitative estimate of drug-likeness (QED) is 0.573. The highest BCUT2D eigenvalue weighted by Gasteiger charge is 2.51. The van der Waals surface area contributed by atoms with Crippen LogP contribution in [0.15, 0.2) is 60.7 Å². The lowest BCUT2D eigenvalue weighted by molar-refractivity contribution is -0.150. The molecule has 0 aliphatic carbocycles. The second-order valence-electron chi connectivity index (χ2n) is 11.5. The Labute approximate surface area is 215 Å². The highest BCUT2D eigenvalue weighted by atomic mass is 28.4. The van der Waals surface area contributed by atoms with Crippen LogP contribution in [0.25, 0.3) is 0 Å². The fraction of sp³-hybridized carbons (Fsp3) is 0.500. The average molecular weight is 514 g/mol. The van der Waals surface area contributed by atoms with Gasteiger partial charge in [0, 0.05) is 6.54 Å². The molecule has 8 heteroatoms. The van der Waals surface area contributed by atoms with Crippen LogP contribution in [0.2, 0.25) is 5.04 Å². The number of benzene rings is 2. The summed E-state index contributed by atoms with van der Waals surface area (Å²) in [5, 5.41) is 22.2. The van der Waals surface area contributed by atoms with Crippen LogP contribution >= 0.6 is 0 Å². The summed E-state index contributed by atoms with van der Waals surface area (Å²) in [6.07, 6.45) is -1.60. The number of aliphatic hydroxyl groups excluding tert-OH is 1. The minimum absolute atomic E-state index is 0.0917. The molecule has 36 heavy (non-hydrogen) atoms. The Hall–Kier alpha value is -2.68. The van der Waals surface area contributed by atoms with Gasteiger partial charge in [-0.15, -0.1) is 0 Å². The molecular formula is C28H39NO6Si. The van der Waals surface area contributed by atoms with Gasteiger partial charge in [-0.25, -0.2) is 4.79 Å².